The first kappa shape index (κ1) is 15.5. The monoisotopic (exact) mass is 267 g/mol. The zero-order valence-electron chi connectivity index (χ0n) is 11.8. The van der Waals surface area contributed by atoms with Crippen molar-refractivity contribution in [2.45, 2.75) is 19.6 Å². The van der Waals surface area contributed by atoms with Gasteiger partial charge in [0.1, 0.15) is 11.3 Å². The van der Waals surface area contributed by atoms with Gasteiger partial charge in [-0.15, -0.1) is 0 Å². The highest BCUT2D eigenvalue weighted by atomic mass is 16.5. The minimum Gasteiger partial charge on any atom is -0.496 e. The summed E-state index contributed by atoms with van der Waals surface area (Å²) in [5.74, 6) is -0.594. The molecule has 0 aliphatic carbocycles. The Kier molecular flexibility index (Phi) is 5.79. The van der Waals surface area contributed by atoms with E-state index in [4.69, 9.17) is 14.6 Å². The van der Waals surface area contributed by atoms with Crippen molar-refractivity contribution in [1.29, 1.82) is 0 Å². The number of methoxy groups -OCH3 is 2. The van der Waals surface area contributed by atoms with Crippen molar-refractivity contribution in [3.05, 3.63) is 29.3 Å². The van der Waals surface area contributed by atoms with Crippen molar-refractivity contribution < 1.29 is 19.4 Å². The number of nitrogens with zero attached hydrogens (tertiary/aromatic N) is 1. The number of carbonyl (C=O) groups is 1. The van der Waals surface area contributed by atoms with Crippen molar-refractivity contribution in [3.8, 4) is 5.75 Å². The van der Waals surface area contributed by atoms with Crippen LogP contribution in [0.15, 0.2) is 18.2 Å². The highest BCUT2D eigenvalue weighted by Gasteiger charge is 2.12. The second kappa shape index (κ2) is 7.11. The van der Waals surface area contributed by atoms with E-state index in [1.807, 2.05) is 14.0 Å². The molecule has 0 aromatic heterocycles. The molecule has 0 radical (unpaired) electrons. The van der Waals surface area contributed by atoms with E-state index in [1.54, 1.807) is 25.3 Å². The normalized spacial score (nSPS) is 12.5. The van der Waals surface area contributed by atoms with E-state index in [2.05, 4.69) is 4.90 Å². The minimum atomic E-state index is -0.982. The molecule has 1 aromatic carbocycles. The van der Waals surface area contributed by atoms with E-state index in [0.717, 1.165) is 12.1 Å². The molecule has 0 aliphatic rings. The fourth-order valence-corrected chi connectivity index (χ4v) is 1.90. The lowest BCUT2D eigenvalue weighted by molar-refractivity contribution is 0.0693. The fraction of sp³-hybridized carbons (Fsp3) is 0.500. The molecular weight excluding hydrogens is 246 g/mol. The SMILES string of the molecule is COc1cc(CN(C)CC(C)OC)ccc1C(=O)O. The predicted octanol–water partition coefficient (Wildman–Crippen LogP) is 1.86. The molecule has 0 aliphatic heterocycles. The summed E-state index contributed by atoms with van der Waals surface area (Å²) in [6.07, 6.45) is 0.158. The average Bonchev–Trinajstić information content (AvgIpc) is 2.37. The molecule has 5 heteroatoms. The summed E-state index contributed by atoms with van der Waals surface area (Å²) >= 11 is 0. The summed E-state index contributed by atoms with van der Waals surface area (Å²) in [6, 6.07) is 5.14. The number of carboxylic acids is 1. The van der Waals surface area contributed by atoms with Gasteiger partial charge in [-0.2, -0.15) is 0 Å². The number of likely N-dealkylation sites (N-methyl/N-ethyl adjacent to an activating group) is 1. The van der Waals surface area contributed by atoms with E-state index < -0.39 is 5.97 Å². The molecule has 1 N–H and O–H groups in total. The molecule has 0 saturated carbocycles. The van der Waals surface area contributed by atoms with Gasteiger partial charge >= 0.3 is 5.97 Å². The van der Waals surface area contributed by atoms with Gasteiger partial charge in [0, 0.05) is 20.2 Å². The van der Waals surface area contributed by atoms with Crippen LogP contribution >= 0.6 is 0 Å². The number of benzene rings is 1. The largest absolute Gasteiger partial charge is 0.496 e. The van der Waals surface area contributed by atoms with Crippen LogP contribution in [0.3, 0.4) is 0 Å². The van der Waals surface area contributed by atoms with E-state index in [0.29, 0.717) is 12.3 Å². The van der Waals surface area contributed by atoms with Crippen molar-refractivity contribution in [2.75, 3.05) is 27.8 Å². The Hall–Kier alpha value is -1.59. The molecule has 19 heavy (non-hydrogen) atoms. The molecule has 1 atom stereocenters. The van der Waals surface area contributed by atoms with Crippen LogP contribution in [-0.4, -0.2) is 49.9 Å². The summed E-state index contributed by atoms with van der Waals surface area (Å²) < 4.78 is 10.3. The van der Waals surface area contributed by atoms with E-state index in [1.165, 1.54) is 7.11 Å². The fourth-order valence-electron chi connectivity index (χ4n) is 1.90. The second-order valence-electron chi connectivity index (χ2n) is 4.58. The molecule has 0 amide bonds. The van der Waals surface area contributed by atoms with Crippen molar-refractivity contribution in [2.24, 2.45) is 0 Å². The lowest BCUT2D eigenvalue weighted by Crippen LogP contribution is -2.28. The van der Waals surface area contributed by atoms with Crippen molar-refractivity contribution in [3.63, 3.8) is 0 Å². The minimum absolute atomic E-state index is 0.158. The number of hydrogen-bond donors (Lipinski definition) is 1. The lowest BCUT2D eigenvalue weighted by Gasteiger charge is -2.20. The van der Waals surface area contributed by atoms with Crippen LogP contribution in [0.25, 0.3) is 0 Å². The van der Waals surface area contributed by atoms with Gasteiger partial charge in [0.2, 0.25) is 0 Å². The van der Waals surface area contributed by atoms with Crippen LogP contribution in [-0.2, 0) is 11.3 Å². The second-order valence-corrected chi connectivity index (χ2v) is 4.58. The smallest absolute Gasteiger partial charge is 0.339 e. The summed E-state index contributed by atoms with van der Waals surface area (Å²) in [7, 11) is 5.15. The third-order valence-corrected chi connectivity index (χ3v) is 2.92. The van der Waals surface area contributed by atoms with Gasteiger partial charge in [0.05, 0.1) is 13.2 Å². The van der Waals surface area contributed by atoms with Crippen LogP contribution < -0.4 is 4.74 Å². The van der Waals surface area contributed by atoms with Gasteiger partial charge in [-0.05, 0) is 31.7 Å². The number of rotatable bonds is 7. The summed E-state index contributed by atoms with van der Waals surface area (Å²) in [4.78, 5) is 13.1. The molecule has 5 nitrogen and oxygen atoms in total. The molecule has 0 fully saturated rings. The van der Waals surface area contributed by atoms with Gasteiger partial charge < -0.3 is 14.6 Å². The highest BCUT2D eigenvalue weighted by Crippen LogP contribution is 2.21. The van der Waals surface area contributed by atoms with Gasteiger partial charge in [0.25, 0.3) is 0 Å². The molecule has 1 rings (SSSR count). The van der Waals surface area contributed by atoms with Crippen molar-refractivity contribution in [1.82, 2.24) is 4.90 Å². The highest BCUT2D eigenvalue weighted by molar-refractivity contribution is 5.90. The summed E-state index contributed by atoms with van der Waals surface area (Å²) in [6.45, 7) is 3.52. The standard InChI is InChI=1S/C14H21NO4/c1-10(18-3)8-15(2)9-11-5-6-12(14(16)17)13(7-11)19-4/h5-7,10H,8-9H2,1-4H3,(H,16,17). The Labute approximate surface area is 113 Å². The van der Waals surface area contributed by atoms with Gasteiger partial charge in [-0.25, -0.2) is 4.79 Å². The summed E-state index contributed by atoms with van der Waals surface area (Å²) in [5, 5.41) is 9.01. The molecule has 1 aromatic rings. The zero-order chi connectivity index (χ0) is 14.4. The molecular formula is C14H21NO4. The predicted molar refractivity (Wildman–Crippen MR) is 72.8 cm³/mol. The number of hydrogen-bond acceptors (Lipinski definition) is 4. The average molecular weight is 267 g/mol. The van der Waals surface area contributed by atoms with E-state index >= 15 is 0 Å². The Bertz CT molecular complexity index is 433. The quantitative estimate of drug-likeness (QED) is 0.817. The van der Waals surface area contributed by atoms with E-state index in [-0.39, 0.29) is 11.7 Å². The first-order valence-corrected chi connectivity index (χ1v) is 6.09. The maximum atomic E-state index is 11.0. The summed E-state index contributed by atoms with van der Waals surface area (Å²) in [5.41, 5.74) is 1.19. The third kappa shape index (κ3) is 4.54. The molecule has 0 spiro atoms. The number of aromatic carboxylic acids is 1. The van der Waals surface area contributed by atoms with Gasteiger partial charge in [0.15, 0.2) is 0 Å². The van der Waals surface area contributed by atoms with Crippen LogP contribution in [0.4, 0.5) is 0 Å². The Morgan fingerprint density at radius 2 is 2.11 bits per heavy atom. The number of carboxylic acid groups (broad SMARTS) is 1. The molecule has 106 valence electrons. The Morgan fingerprint density at radius 1 is 1.42 bits per heavy atom. The van der Waals surface area contributed by atoms with Crippen LogP contribution in [0, 0.1) is 0 Å². The maximum Gasteiger partial charge on any atom is 0.339 e. The first-order chi connectivity index (χ1) is 8.97. The Morgan fingerprint density at radius 3 is 2.63 bits per heavy atom. The molecule has 1 unspecified atom stereocenters. The number of ether oxygens (including phenoxy) is 2. The third-order valence-electron chi connectivity index (χ3n) is 2.92. The zero-order valence-corrected chi connectivity index (χ0v) is 11.8. The van der Waals surface area contributed by atoms with Crippen LogP contribution in [0.2, 0.25) is 0 Å². The molecule has 0 saturated heterocycles. The first-order valence-electron chi connectivity index (χ1n) is 6.09. The molecule has 0 heterocycles. The molecule has 0 bridgehead atoms. The van der Waals surface area contributed by atoms with Crippen molar-refractivity contribution >= 4 is 5.97 Å². The van der Waals surface area contributed by atoms with E-state index in [9.17, 15) is 4.79 Å². The topological polar surface area (TPSA) is 59.0 Å². The van der Waals surface area contributed by atoms with Crippen LogP contribution in [0.1, 0.15) is 22.8 Å². The van der Waals surface area contributed by atoms with Gasteiger partial charge in [-0.1, -0.05) is 6.07 Å². The van der Waals surface area contributed by atoms with Crippen LogP contribution in [0.5, 0.6) is 5.75 Å². The van der Waals surface area contributed by atoms with Gasteiger partial charge in [-0.3, -0.25) is 4.90 Å². The lowest BCUT2D eigenvalue weighted by atomic mass is 10.1. The maximum absolute atomic E-state index is 11.0. The Balaban J connectivity index is 2.77.